The largest absolute Gasteiger partial charge is 0.325 e. The maximum atomic E-state index is 12.3. The van der Waals surface area contributed by atoms with Crippen LogP contribution in [0.4, 0.5) is 5.69 Å². The number of nitrogens with zero attached hydrogens (tertiary/aromatic N) is 4. The van der Waals surface area contributed by atoms with Crippen molar-refractivity contribution < 1.29 is 4.79 Å². The summed E-state index contributed by atoms with van der Waals surface area (Å²) < 4.78 is 1.91. The monoisotopic (exact) mass is 349 g/mol. The number of thioether (sulfide) groups is 1. The van der Waals surface area contributed by atoms with E-state index in [9.17, 15) is 4.79 Å². The first-order valence-corrected chi connectivity index (χ1v) is 8.24. The normalized spacial score (nSPS) is 12.0. The lowest BCUT2D eigenvalue weighted by atomic mass is 10.2. The molecule has 2 rings (SSSR count). The number of nitrogens with one attached hydrogen (secondary N) is 1. The van der Waals surface area contributed by atoms with Crippen LogP contribution in [0.3, 0.4) is 0 Å². The third kappa shape index (κ3) is 4.24. The summed E-state index contributed by atoms with van der Waals surface area (Å²) in [6, 6.07) is 6.99. The van der Waals surface area contributed by atoms with E-state index < -0.39 is 0 Å². The summed E-state index contributed by atoms with van der Waals surface area (Å²) >= 11 is 7.30. The number of anilines is 1. The Bertz CT molecular complexity index is 753. The van der Waals surface area contributed by atoms with E-state index in [0.29, 0.717) is 21.4 Å². The quantitative estimate of drug-likeness (QED) is 0.835. The van der Waals surface area contributed by atoms with E-state index in [1.807, 2.05) is 24.5 Å². The van der Waals surface area contributed by atoms with Crippen molar-refractivity contribution in [1.29, 1.82) is 5.26 Å². The molecule has 0 saturated heterocycles. The first kappa shape index (κ1) is 17.3. The van der Waals surface area contributed by atoms with Crippen molar-refractivity contribution in [2.45, 2.75) is 37.2 Å². The Labute approximate surface area is 143 Å². The van der Waals surface area contributed by atoms with Gasteiger partial charge in [0.1, 0.15) is 12.4 Å². The van der Waals surface area contributed by atoms with E-state index in [2.05, 4.69) is 15.5 Å². The first-order valence-electron chi connectivity index (χ1n) is 6.99. The fraction of sp³-hybridized carbons (Fsp3) is 0.333. The van der Waals surface area contributed by atoms with Gasteiger partial charge >= 0.3 is 0 Å². The lowest BCUT2D eigenvalue weighted by molar-refractivity contribution is -0.115. The van der Waals surface area contributed by atoms with Gasteiger partial charge in [0.15, 0.2) is 5.16 Å². The molecule has 6 nitrogen and oxygen atoms in total. The average molecular weight is 350 g/mol. The summed E-state index contributed by atoms with van der Waals surface area (Å²) in [5, 5.41) is 20.2. The molecule has 0 saturated carbocycles. The molecule has 23 heavy (non-hydrogen) atoms. The maximum Gasteiger partial charge on any atom is 0.237 e. The molecule has 0 aliphatic rings. The van der Waals surface area contributed by atoms with Crippen LogP contribution in [0.1, 0.15) is 32.4 Å². The number of carbonyl (C=O) groups excluding carboxylic acids is 1. The second-order valence-corrected chi connectivity index (χ2v) is 6.89. The summed E-state index contributed by atoms with van der Waals surface area (Å²) in [6.45, 7) is 5.85. The molecule has 120 valence electrons. The second kappa shape index (κ2) is 7.49. The summed E-state index contributed by atoms with van der Waals surface area (Å²) in [5.74, 6) is -0.172. The van der Waals surface area contributed by atoms with E-state index in [0.717, 1.165) is 0 Å². The van der Waals surface area contributed by atoms with Crippen LogP contribution >= 0.6 is 23.4 Å². The smallest absolute Gasteiger partial charge is 0.237 e. The van der Waals surface area contributed by atoms with Crippen LogP contribution in [0.15, 0.2) is 29.7 Å². The zero-order valence-corrected chi connectivity index (χ0v) is 14.5. The fourth-order valence-electron chi connectivity index (χ4n) is 1.81. The molecule has 1 amide bonds. The maximum absolute atomic E-state index is 12.3. The van der Waals surface area contributed by atoms with Crippen molar-refractivity contribution in [3.63, 3.8) is 0 Å². The predicted octanol–water partition coefficient (Wildman–Crippen LogP) is 3.50. The molecular formula is C15H16ClN5OS. The average Bonchev–Trinajstić information content (AvgIpc) is 2.95. The van der Waals surface area contributed by atoms with Crippen molar-refractivity contribution in [2.24, 2.45) is 0 Å². The Morgan fingerprint density at radius 3 is 2.78 bits per heavy atom. The molecule has 1 atom stereocenters. The molecule has 0 unspecified atom stereocenters. The zero-order valence-electron chi connectivity index (χ0n) is 12.9. The highest BCUT2D eigenvalue weighted by Gasteiger charge is 2.19. The number of halogens is 1. The highest BCUT2D eigenvalue weighted by Crippen LogP contribution is 2.25. The number of amides is 1. The lowest BCUT2D eigenvalue weighted by Crippen LogP contribution is -2.23. The van der Waals surface area contributed by atoms with Crippen LogP contribution in [0.25, 0.3) is 0 Å². The van der Waals surface area contributed by atoms with Crippen LogP contribution < -0.4 is 5.32 Å². The van der Waals surface area contributed by atoms with Gasteiger partial charge in [-0.15, -0.1) is 10.2 Å². The number of rotatable bonds is 5. The topological polar surface area (TPSA) is 83.6 Å². The number of benzene rings is 1. The lowest BCUT2D eigenvalue weighted by Gasteiger charge is -2.14. The molecule has 0 bridgehead atoms. The van der Waals surface area contributed by atoms with E-state index >= 15 is 0 Å². The van der Waals surface area contributed by atoms with Gasteiger partial charge in [-0.25, -0.2) is 0 Å². The summed E-state index contributed by atoms with van der Waals surface area (Å²) in [7, 11) is 0. The van der Waals surface area contributed by atoms with E-state index in [1.165, 1.54) is 11.8 Å². The molecule has 8 heteroatoms. The summed E-state index contributed by atoms with van der Waals surface area (Å²) in [6.07, 6.45) is 1.65. The van der Waals surface area contributed by atoms with Crippen molar-refractivity contribution in [3.05, 3.63) is 35.1 Å². The Morgan fingerprint density at radius 2 is 2.17 bits per heavy atom. The molecule has 0 spiro atoms. The van der Waals surface area contributed by atoms with Gasteiger partial charge in [-0.2, -0.15) is 5.26 Å². The minimum atomic E-state index is -0.355. The second-order valence-electron chi connectivity index (χ2n) is 5.17. The SMILES string of the molecule is CC(C)n1cnnc1S[C@H](C)C(=O)Nc1ccc(C#N)c(Cl)c1. The Morgan fingerprint density at radius 1 is 1.43 bits per heavy atom. The number of aromatic nitrogens is 3. The van der Waals surface area contributed by atoms with Gasteiger partial charge in [0.05, 0.1) is 15.8 Å². The van der Waals surface area contributed by atoms with Crippen LogP contribution in [-0.4, -0.2) is 25.9 Å². The number of carbonyl (C=O) groups is 1. The van der Waals surface area contributed by atoms with Gasteiger partial charge in [-0.3, -0.25) is 4.79 Å². The van der Waals surface area contributed by atoms with Crippen LogP contribution in [0.5, 0.6) is 0 Å². The molecular weight excluding hydrogens is 334 g/mol. The minimum Gasteiger partial charge on any atom is -0.325 e. The molecule has 2 aromatic rings. The van der Waals surface area contributed by atoms with Crippen molar-refractivity contribution >= 4 is 35.0 Å². The summed E-state index contributed by atoms with van der Waals surface area (Å²) in [5.41, 5.74) is 0.925. The van der Waals surface area contributed by atoms with Gasteiger partial charge in [-0.05, 0) is 39.0 Å². The highest BCUT2D eigenvalue weighted by atomic mass is 35.5. The number of nitriles is 1. The van der Waals surface area contributed by atoms with Crippen LogP contribution in [0, 0.1) is 11.3 Å². The molecule has 1 N–H and O–H groups in total. The molecule has 1 heterocycles. The van der Waals surface area contributed by atoms with Gasteiger partial charge in [0.2, 0.25) is 5.91 Å². The third-order valence-corrected chi connectivity index (χ3v) is 4.49. The van der Waals surface area contributed by atoms with E-state index in [-0.39, 0.29) is 17.2 Å². The number of hydrogen-bond acceptors (Lipinski definition) is 5. The van der Waals surface area contributed by atoms with Gasteiger partial charge in [-0.1, -0.05) is 23.4 Å². The van der Waals surface area contributed by atoms with Crippen LogP contribution in [0.2, 0.25) is 5.02 Å². The van der Waals surface area contributed by atoms with Crippen LogP contribution in [-0.2, 0) is 4.79 Å². The Kier molecular flexibility index (Phi) is 5.64. The minimum absolute atomic E-state index is 0.172. The third-order valence-electron chi connectivity index (χ3n) is 3.11. The van der Waals surface area contributed by atoms with Gasteiger partial charge in [0, 0.05) is 11.7 Å². The van der Waals surface area contributed by atoms with Crippen molar-refractivity contribution in [1.82, 2.24) is 14.8 Å². The van der Waals surface area contributed by atoms with Crippen molar-refractivity contribution in [3.8, 4) is 6.07 Å². The molecule has 0 aliphatic heterocycles. The zero-order chi connectivity index (χ0) is 17.0. The van der Waals surface area contributed by atoms with E-state index in [1.54, 1.807) is 31.5 Å². The van der Waals surface area contributed by atoms with Gasteiger partial charge in [0.25, 0.3) is 0 Å². The fourth-order valence-corrected chi connectivity index (χ4v) is 2.99. The number of hydrogen-bond donors (Lipinski definition) is 1. The van der Waals surface area contributed by atoms with Gasteiger partial charge < -0.3 is 9.88 Å². The first-order chi connectivity index (χ1) is 10.9. The molecule has 0 radical (unpaired) electrons. The molecule has 1 aromatic heterocycles. The molecule has 1 aromatic carbocycles. The molecule has 0 aliphatic carbocycles. The highest BCUT2D eigenvalue weighted by molar-refractivity contribution is 8.00. The molecule has 0 fully saturated rings. The Balaban J connectivity index is 2.04. The predicted molar refractivity (Wildman–Crippen MR) is 90.5 cm³/mol. The summed E-state index contributed by atoms with van der Waals surface area (Å²) in [4.78, 5) is 12.3. The van der Waals surface area contributed by atoms with Crippen molar-refractivity contribution in [2.75, 3.05) is 5.32 Å². The standard InChI is InChI=1S/C15H16ClN5OS/c1-9(2)21-8-18-20-15(21)23-10(3)14(22)19-12-5-4-11(7-17)13(16)6-12/h4-6,8-10H,1-3H3,(H,19,22)/t10-/m1/s1. The Hall–Kier alpha value is -2.04. The van der Waals surface area contributed by atoms with E-state index in [4.69, 9.17) is 16.9 Å².